The number of benzene rings is 2. The minimum Gasteiger partial charge on any atom is -0.491 e. The molecule has 0 aliphatic rings. The summed E-state index contributed by atoms with van der Waals surface area (Å²) in [7, 11) is 0. The summed E-state index contributed by atoms with van der Waals surface area (Å²) in [6.45, 7) is -0.498. The van der Waals surface area contributed by atoms with Crippen molar-refractivity contribution >= 4 is 10.8 Å². The Morgan fingerprint density at radius 1 is 1.00 bits per heavy atom. The largest absolute Gasteiger partial charge is 0.522 e. The fraction of sp³-hybridized carbons (Fsp3) is 0.286. The highest BCUT2D eigenvalue weighted by molar-refractivity contribution is 5.87. The van der Waals surface area contributed by atoms with E-state index in [0.717, 1.165) is 16.3 Å². The maximum atomic E-state index is 11.8. The lowest BCUT2D eigenvalue weighted by Gasteiger charge is -2.13. The quantitative estimate of drug-likeness (QED) is 0.858. The molecule has 0 aliphatic heterocycles. The fourth-order valence-corrected chi connectivity index (χ4v) is 1.97. The van der Waals surface area contributed by atoms with Gasteiger partial charge in [-0.15, -0.1) is 13.2 Å². The highest BCUT2D eigenvalue weighted by atomic mass is 19.4. The van der Waals surface area contributed by atoms with Gasteiger partial charge in [0.25, 0.3) is 0 Å². The van der Waals surface area contributed by atoms with Crippen LogP contribution in [0.1, 0.15) is 5.56 Å². The van der Waals surface area contributed by atoms with Crippen LogP contribution in [-0.4, -0.2) is 19.6 Å². The normalized spacial score (nSPS) is 11.8. The SMILES string of the molecule is NCc1c(OCCOC(F)(F)F)ccc2ccccc12. The van der Waals surface area contributed by atoms with Gasteiger partial charge in [-0.2, -0.15) is 0 Å². The van der Waals surface area contributed by atoms with Gasteiger partial charge in [-0.25, -0.2) is 0 Å². The molecule has 0 heterocycles. The molecule has 2 rings (SSSR count). The molecule has 108 valence electrons. The molecule has 0 saturated heterocycles. The second-order valence-electron chi connectivity index (χ2n) is 4.11. The van der Waals surface area contributed by atoms with Crippen molar-refractivity contribution in [2.75, 3.05) is 13.2 Å². The van der Waals surface area contributed by atoms with Crippen molar-refractivity contribution in [2.45, 2.75) is 12.9 Å². The Bertz CT molecular complexity index is 584. The third-order valence-corrected chi connectivity index (χ3v) is 2.81. The van der Waals surface area contributed by atoms with Crippen LogP contribution in [0.25, 0.3) is 10.8 Å². The van der Waals surface area contributed by atoms with Gasteiger partial charge >= 0.3 is 6.36 Å². The molecule has 0 bridgehead atoms. The first-order chi connectivity index (χ1) is 9.51. The Balaban J connectivity index is 2.10. The van der Waals surface area contributed by atoms with Gasteiger partial charge in [0.15, 0.2) is 0 Å². The molecule has 0 spiro atoms. The fourth-order valence-electron chi connectivity index (χ4n) is 1.97. The molecule has 2 aromatic rings. The molecular weight excluding hydrogens is 271 g/mol. The minimum absolute atomic E-state index is 0.190. The number of nitrogens with two attached hydrogens (primary N) is 1. The number of alkyl halides is 3. The maximum absolute atomic E-state index is 11.8. The second-order valence-corrected chi connectivity index (χ2v) is 4.11. The van der Waals surface area contributed by atoms with Crippen molar-refractivity contribution in [2.24, 2.45) is 5.73 Å². The molecule has 3 nitrogen and oxygen atoms in total. The summed E-state index contributed by atoms with van der Waals surface area (Å²) in [5, 5.41) is 1.94. The van der Waals surface area contributed by atoms with E-state index in [1.807, 2.05) is 30.3 Å². The van der Waals surface area contributed by atoms with Crippen molar-refractivity contribution in [1.29, 1.82) is 0 Å². The zero-order chi connectivity index (χ0) is 14.6. The summed E-state index contributed by atoms with van der Waals surface area (Å²) in [5.74, 6) is 0.483. The molecule has 2 aromatic carbocycles. The van der Waals surface area contributed by atoms with Gasteiger partial charge in [-0.05, 0) is 16.8 Å². The van der Waals surface area contributed by atoms with Crippen molar-refractivity contribution < 1.29 is 22.6 Å². The van der Waals surface area contributed by atoms with Crippen molar-refractivity contribution in [1.82, 2.24) is 0 Å². The van der Waals surface area contributed by atoms with Crippen molar-refractivity contribution in [3.63, 3.8) is 0 Å². The van der Waals surface area contributed by atoms with E-state index in [1.54, 1.807) is 6.07 Å². The predicted molar refractivity (Wildman–Crippen MR) is 69.3 cm³/mol. The first kappa shape index (κ1) is 14.6. The smallest absolute Gasteiger partial charge is 0.491 e. The van der Waals surface area contributed by atoms with Crippen LogP contribution in [0.15, 0.2) is 36.4 Å². The van der Waals surface area contributed by atoms with Crippen molar-refractivity contribution in [3.05, 3.63) is 42.0 Å². The first-order valence-electron chi connectivity index (χ1n) is 6.05. The van der Waals surface area contributed by atoms with Crippen molar-refractivity contribution in [3.8, 4) is 5.75 Å². The highest BCUT2D eigenvalue weighted by Crippen LogP contribution is 2.27. The van der Waals surface area contributed by atoms with E-state index in [9.17, 15) is 13.2 Å². The highest BCUT2D eigenvalue weighted by Gasteiger charge is 2.28. The Labute approximate surface area is 114 Å². The molecule has 6 heteroatoms. The number of ether oxygens (including phenoxy) is 2. The standard InChI is InChI=1S/C14H14F3NO2/c15-14(16,17)20-8-7-19-13-6-5-10-3-1-2-4-11(10)12(13)9-18/h1-6H,7-9,18H2. The summed E-state index contributed by atoms with van der Waals surface area (Å²) < 4.78 is 44.5. The third-order valence-electron chi connectivity index (χ3n) is 2.81. The Morgan fingerprint density at radius 2 is 1.75 bits per heavy atom. The summed E-state index contributed by atoms with van der Waals surface area (Å²) in [5.41, 5.74) is 6.47. The average molecular weight is 285 g/mol. The van der Waals surface area contributed by atoms with E-state index < -0.39 is 13.0 Å². The van der Waals surface area contributed by atoms with E-state index >= 15 is 0 Å². The van der Waals surface area contributed by atoms with Gasteiger partial charge < -0.3 is 10.5 Å². The molecule has 0 aliphatic carbocycles. The van der Waals surface area contributed by atoms with E-state index in [4.69, 9.17) is 10.5 Å². The van der Waals surface area contributed by atoms with Gasteiger partial charge in [-0.1, -0.05) is 30.3 Å². The summed E-state index contributed by atoms with van der Waals surface area (Å²) >= 11 is 0. The van der Waals surface area contributed by atoms with Crippen LogP contribution >= 0.6 is 0 Å². The number of hydrogen-bond acceptors (Lipinski definition) is 3. The second kappa shape index (κ2) is 6.11. The lowest BCUT2D eigenvalue weighted by Crippen LogP contribution is -2.18. The number of hydrogen-bond donors (Lipinski definition) is 1. The van der Waals surface area contributed by atoms with E-state index in [1.165, 1.54) is 0 Å². The lowest BCUT2D eigenvalue weighted by molar-refractivity contribution is -0.325. The Kier molecular flexibility index (Phi) is 4.46. The number of halogens is 3. The molecule has 0 aromatic heterocycles. The Morgan fingerprint density at radius 3 is 2.45 bits per heavy atom. The van der Waals surface area contributed by atoms with Crippen LogP contribution in [-0.2, 0) is 11.3 Å². The average Bonchev–Trinajstić information content (AvgIpc) is 2.42. The van der Waals surface area contributed by atoms with Gasteiger partial charge in [0.2, 0.25) is 0 Å². The molecular formula is C14H14F3NO2. The van der Waals surface area contributed by atoms with Gasteiger partial charge in [0, 0.05) is 12.1 Å². The monoisotopic (exact) mass is 285 g/mol. The summed E-state index contributed by atoms with van der Waals surface area (Å²) in [6, 6.07) is 11.2. The van der Waals surface area contributed by atoms with Crippen LogP contribution in [0, 0.1) is 0 Å². The van der Waals surface area contributed by atoms with Gasteiger partial charge in [-0.3, -0.25) is 4.74 Å². The van der Waals surface area contributed by atoms with Crippen LogP contribution in [0.3, 0.4) is 0 Å². The van der Waals surface area contributed by atoms with Crippen LogP contribution < -0.4 is 10.5 Å². The third kappa shape index (κ3) is 3.61. The molecule has 0 saturated carbocycles. The zero-order valence-corrected chi connectivity index (χ0v) is 10.6. The van der Waals surface area contributed by atoms with Crippen LogP contribution in [0.4, 0.5) is 13.2 Å². The molecule has 2 N–H and O–H groups in total. The lowest BCUT2D eigenvalue weighted by atomic mass is 10.0. The van der Waals surface area contributed by atoms with Gasteiger partial charge in [0.05, 0.1) is 6.61 Å². The summed E-state index contributed by atoms with van der Waals surface area (Å²) in [4.78, 5) is 0. The minimum atomic E-state index is -4.64. The van der Waals surface area contributed by atoms with Crippen LogP contribution in [0.2, 0.25) is 0 Å². The molecule has 20 heavy (non-hydrogen) atoms. The molecule has 0 unspecified atom stereocenters. The topological polar surface area (TPSA) is 44.5 Å². The molecule has 0 atom stereocenters. The number of fused-ring (bicyclic) bond motifs is 1. The molecule has 0 fully saturated rings. The van der Waals surface area contributed by atoms with E-state index in [2.05, 4.69) is 4.74 Å². The van der Waals surface area contributed by atoms with Crippen LogP contribution in [0.5, 0.6) is 5.75 Å². The van der Waals surface area contributed by atoms with E-state index in [-0.39, 0.29) is 13.2 Å². The number of rotatable bonds is 5. The molecule has 0 amide bonds. The Hall–Kier alpha value is -1.79. The zero-order valence-electron chi connectivity index (χ0n) is 10.6. The maximum Gasteiger partial charge on any atom is 0.522 e. The first-order valence-corrected chi connectivity index (χ1v) is 6.05. The van der Waals surface area contributed by atoms with E-state index in [0.29, 0.717) is 5.75 Å². The van der Waals surface area contributed by atoms with Gasteiger partial charge in [0.1, 0.15) is 12.4 Å². The predicted octanol–water partition coefficient (Wildman–Crippen LogP) is 3.21. The summed E-state index contributed by atoms with van der Waals surface area (Å²) in [6.07, 6.45) is -4.64. The molecule has 0 radical (unpaired) electrons.